The van der Waals surface area contributed by atoms with Crippen molar-refractivity contribution in [3.05, 3.63) is 23.8 Å². The van der Waals surface area contributed by atoms with Crippen LogP contribution in [0.2, 0.25) is 0 Å². The smallest absolute Gasteiger partial charge is 0.254 e. The number of carbonyl (C=O) groups excluding carboxylic acids is 10. The Bertz CT molecular complexity index is 2200. The highest BCUT2D eigenvalue weighted by atomic mass is 16.5. The molecule has 1 aliphatic carbocycles. The number of aliphatic hydroxyl groups excluding tert-OH is 1. The molecule has 0 unspecified atom stereocenters. The summed E-state index contributed by atoms with van der Waals surface area (Å²) < 4.78 is 6.04. The highest BCUT2D eigenvalue weighted by Crippen LogP contribution is 2.24. The molecule has 1 aliphatic heterocycles. The van der Waals surface area contributed by atoms with Gasteiger partial charge < -0.3 is 60.1 Å². The maximum absolute atomic E-state index is 15.1. The summed E-state index contributed by atoms with van der Waals surface area (Å²) in [5.74, 6) is -7.11. The predicted octanol–water partition coefficient (Wildman–Crippen LogP) is 2.72. The van der Waals surface area contributed by atoms with Crippen LogP contribution in [0, 0.1) is 17.8 Å². The summed E-state index contributed by atoms with van der Waals surface area (Å²) >= 11 is 0. The molecule has 1 saturated heterocycles. The van der Waals surface area contributed by atoms with Crippen molar-refractivity contribution >= 4 is 59.1 Å². The van der Waals surface area contributed by atoms with Crippen LogP contribution in [0.1, 0.15) is 141 Å². The van der Waals surface area contributed by atoms with Gasteiger partial charge >= 0.3 is 0 Å². The van der Waals surface area contributed by atoms with Crippen molar-refractivity contribution in [1.29, 1.82) is 0 Å². The van der Waals surface area contributed by atoms with E-state index in [2.05, 4.69) is 16.0 Å². The van der Waals surface area contributed by atoms with Crippen LogP contribution in [0.5, 0.6) is 0 Å². The summed E-state index contributed by atoms with van der Waals surface area (Å²) in [7, 11) is 8.70. The molecule has 1 heterocycles. The van der Waals surface area contributed by atoms with E-state index in [4.69, 9.17) is 4.74 Å². The van der Waals surface area contributed by atoms with Crippen LogP contribution in [0.25, 0.3) is 0 Å². The first kappa shape index (κ1) is 70.2. The fourth-order valence-electron chi connectivity index (χ4n) is 9.66. The van der Waals surface area contributed by atoms with Crippen LogP contribution in [-0.2, 0) is 52.7 Å². The number of aliphatic hydroxyl groups is 1. The highest BCUT2D eigenvalue weighted by Gasteiger charge is 2.44. The zero-order valence-corrected chi connectivity index (χ0v) is 51.6. The number of hydrogen-bond donors (Lipinski definition) is 4. The fraction of sp³-hybridized carbons (Fsp3) is 0.759. The lowest BCUT2D eigenvalue weighted by atomic mass is 9.94. The molecule has 4 N–H and O–H groups in total. The minimum absolute atomic E-state index is 0.135. The van der Waals surface area contributed by atoms with E-state index in [1.165, 1.54) is 73.6 Å². The maximum Gasteiger partial charge on any atom is 0.254 e. The van der Waals surface area contributed by atoms with Crippen LogP contribution in [-0.4, -0.2) is 228 Å². The monoisotopic (exact) mass is 1130 g/mol. The van der Waals surface area contributed by atoms with Gasteiger partial charge in [-0.25, -0.2) is 0 Å². The van der Waals surface area contributed by atoms with Crippen molar-refractivity contribution in [3.8, 4) is 0 Å². The molecule has 22 heteroatoms. The van der Waals surface area contributed by atoms with Crippen molar-refractivity contribution in [2.75, 3.05) is 75.1 Å². The number of amides is 10. The molecule has 1 fully saturated rings. The molecule has 454 valence electrons. The molecule has 0 radical (unpaired) electrons. The van der Waals surface area contributed by atoms with Gasteiger partial charge in [-0.3, -0.25) is 47.9 Å². The summed E-state index contributed by atoms with van der Waals surface area (Å²) in [5, 5.41) is 18.8. The van der Waals surface area contributed by atoms with E-state index in [0.717, 1.165) is 42.6 Å². The summed E-state index contributed by atoms with van der Waals surface area (Å²) in [6.45, 7) is 21.1. The Morgan fingerprint density at radius 3 is 1.69 bits per heavy atom. The number of nitrogens with one attached hydrogen (secondary N) is 3. The molecule has 10 amide bonds. The number of rotatable bonds is 29. The van der Waals surface area contributed by atoms with Gasteiger partial charge in [0.2, 0.25) is 47.3 Å². The molecule has 80 heavy (non-hydrogen) atoms. The lowest BCUT2D eigenvalue weighted by Crippen LogP contribution is -2.63. The number of carbonyl (C=O) groups is 10. The molecule has 2 aliphatic rings. The Morgan fingerprint density at radius 2 is 1.21 bits per heavy atom. The van der Waals surface area contributed by atoms with Gasteiger partial charge in [0.1, 0.15) is 36.3 Å². The van der Waals surface area contributed by atoms with E-state index in [0.29, 0.717) is 26.1 Å². The van der Waals surface area contributed by atoms with Crippen LogP contribution in [0.3, 0.4) is 0 Å². The lowest BCUT2D eigenvalue weighted by molar-refractivity contribution is -0.155. The SMILES string of the molecule is CC[C@H](C)[C@@H](C(=O)N[C@@H](C(=O)N(C)CC)C(=O)N1CCCCC1)N(C)C(=O)[C@H](CC(C)C)N(C)C(=O)[C@H](CC(C)C)N(C)C(=O)[C@H](COC(C)(C)C)NC(=O)CN(C)C(=O)[C@@H](NC(=O)[C@H](CC1=CCCC=C1)N(C)C(C)=O)[C@@H](C)O. The average molecular weight is 1130 g/mol. The Hall–Kier alpha value is -5.90. The first-order chi connectivity index (χ1) is 37.2. The minimum Gasteiger partial charge on any atom is -0.391 e. The maximum atomic E-state index is 15.1. The van der Waals surface area contributed by atoms with Gasteiger partial charge in [0.05, 0.1) is 24.9 Å². The van der Waals surface area contributed by atoms with Crippen LogP contribution in [0.15, 0.2) is 23.8 Å². The third-order valence-corrected chi connectivity index (χ3v) is 15.0. The fourth-order valence-corrected chi connectivity index (χ4v) is 9.66. The van der Waals surface area contributed by atoms with E-state index in [9.17, 15) is 43.5 Å². The van der Waals surface area contributed by atoms with Crippen molar-refractivity contribution in [2.45, 2.75) is 195 Å². The van der Waals surface area contributed by atoms with Gasteiger partial charge in [0.15, 0.2) is 6.04 Å². The number of allylic oxidation sites excluding steroid dienone is 3. The number of likely N-dealkylation sites (tertiary alicyclic amines) is 1. The molecule has 9 atom stereocenters. The highest BCUT2D eigenvalue weighted by molar-refractivity contribution is 6.07. The lowest BCUT2D eigenvalue weighted by Gasteiger charge is -2.40. The second-order valence-corrected chi connectivity index (χ2v) is 23.7. The van der Waals surface area contributed by atoms with Gasteiger partial charge in [-0.2, -0.15) is 0 Å². The van der Waals surface area contributed by atoms with E-state index in [1.807, 2.05) is 52.8 Å². The zero-order valence-electron chi connectivity index (χ0n) is 51.6. The molecule has 2 rings (SSSR count). The van der Waals surface area contributed by atoms with E-state index in [1.54, 1.807) is 46.6 Å². The third-order valence-electron chi connectivity index (χ3n) is 15.0. The normalized spacial score (nSPS) is 17.0. The Labute approximate surface area is 477 Å². The average Bonchev–Trinajstić information content (AvgIpc) is 3.40. The van der Waals surface area contributed by atoms with Gasteiger partial charge in [0.25, 0.3) is 11.8 Å². The van der Waals surface area contributed by atoms with Crippen molar-refractivity contribution < 1.29 is 57.8 Å². The van der Waals surface area contributed by atoms with Gasteiger partial charge in [0, 0.05) is 75.3 Å². The van der Waals surface area contributed by atoms with Gasteiger partial charge in [-0.1, -0.05) is 66.2 Å². The van der Waals surface area contributed by atoms with Gasteiger partial charge in [-0.05, 0) is 103 Å². The zero-order chi connectivity index (χ0) is 61.1. The first-order valence-electron chi connectivity index (χ1n) is 28.6. The van der Waals surface area contributed by atoms with Crippen LogP contribution >= 0.6 is 0 Å². The van der Waals surface area contributed by atoms with E-state index >= 15 is 9.59 Å². The van der Waals surface area contributed by atoms with Crippen LogP contribution in [0.4, 0.5) is 0 Å². The molecule has 0 aromatic heterocycles. The minimum atomic E-state index is -1.52. The Balaban J connectivity index is 2.49. The molecule has 0 bridgehead atoms. The second-order valence-electron chi connectivity index (χ2n) is 23.7. The molecule has 0 aromatic carbocycles. The third kappa shape index (κ3) is 20.9. The molecule has 0 aromatic rings. The molecular formula is C58H100N10O12. The first-order valence-corrected chi connectivity index (χ1v) is 28.6. The predicted molar refractivity (Wildman–Crippen MR) is 306 cm³/mol. The van der Waals surface area contributed by atoms with Crippen LogP contribution < -0.4 is 16.0 Å². The Morgan fingerprint density at radius 1 is 0.662 bits per heavy atom. The standard InChI is InChI=1S/C58H100N10O12/c1-19-38(7)49(51(73)61-48(56(78)62(13)20-2)57(79)68-29-25-22-26-30-68)67(18)54(76)45(32-37(5)6)66(17)53(75)44(31-36(3)4)65(16)52(74)42(35-80-58(10,11)12)59-46(71)34-63(14)55(77)47(39(8)69)60-50(72)43(64(15)40(9)70)33-41-27-23-21-24-28-41/h23,27-28,36-39,42-45,47-49,69H,19-22,24-26,29-35H2,1-18H3,(H,59,71)(H,60,72)(H,61,73)/t38-,39+,42-,43-,44-,45-,47-,48-,49-/m0/s1. The number of ether oxygens (including phenoxy) is 1. The van der Waals surface area contributed by atoms with Crippen molar-refractivity contribution in [1.82, 2.24) is 50.2 Å². The van der Waals surface area contributed by atoms with Gasteiger partial charge in [-0.15, -0.1) is 0 Å². The summed E-state index contributed by atoms with van der Waals surface area (Å²) in [6.07, 6.45) is 9.39. The topological polar surface area (TPSA) is 259 Å². The summed E-state index contributed by atoms with van der Waals surface area (Å²) in [4.78, 5) is 150. The van der Waals surface area contributed by atoms with Crippen molar-refractivity contribution in [3.63, 3.8) is 0 Å². The number of hydrogen-bond acceptors (Lipinski definition) is 12. The summed E-state index contributed by atoms with van der Waals surface area (Å²) in [6, 6.07) is -8.92. The Kier molecular flexibility index (Phi) is 28.5. The quantitative estimate of drug-likeness (QED) is 0.0789. The molecule has 22 nitrogen and oxygen atoms in total. The summed E-state index contributed by atoms with van der Waals surface area (Å²) in [5.41, 5.74) is 0.0378. The largest absolute Gasteiger partial charge is 0.391 e. The molecule has 0 saturated carbocycles. The molecular weight excluding hydrogens is 1030 g/mol. The number of nitrogens with zero attached hydrogens (tertiary/aromatic N) is 7. The number of likely N-dealkylation sites (N-methyl/N-ethyl adjacent to an activating group) is 6. The number of piperidine rings is 1. The van der Waals surface area contributed by atoms with Crippen molar-refractivity contribution in [2.24, 2.45) is 17.8 Å². The second kappa shape index (κ2) is 32.5. The van der Waals surface area contributed by atoms with E-state index < -0.39 is 120 Å². The van der Waals surface area contributed by atoms with E-state index in [-0.39, 0.29) is 43.6 Å². The molecule has 0 spiro atoms.